The third-order valence-corrected chi connectivity index (χ3v) is 5.07. The monoisotopic (exact) mass is 357 g/mol. The van der Waals surface area contributed by atoms with Gasteiger partial charge in [-0.25, -0.2) is 5.43 Å². The van der Waals surface area contributed by atoms with Crippen LogP contribution in [0.4, 0.5) is 0 Å². The van der Waals surface area contributed by atoms with Gasteiger partial charge in [0.1, 0.15) is 0 Å². The number of hydrogen-bond acceptors (Lipinski definition) is 5. The average Bonchev–Trinajstić information content (AvgIpc) is 3.15. The van der Waals surface area contributed by atoms with Crippen molar-refractivity contribution in [2.24, 2.45) is 5.10 Å². The molecule has 0 bridgehead atoms. The third kappa shape index (κ3) is 4.98. The minimum atomic E-state index is -0.0874. The first-order valence-corrected chi connectivity index (χ1v) is 9.34. The Hall–Kier alpha value is -2.02. The molecule has 5 nitrogen and oxygen atoms in total. The second kappa shape index (κ2) is 8.89. The highest BCUT2D eigenvalue weighted by Gasteiger charge is 2.25. The predicted molar refractivity (Wildman–Crippen MR) is 101 cm³/mol. The molecule has 0 saturated carbocycles. The molecule has 1 aliphatic heterocycles. The summed E-state index contributed by atoms with van der Waals surface area (Å²) in [5, 5.41) is 6.37. The minimum absolute atomic E-state index is 0.0483. The highest BCUT2D eigenvalue weighted by Crippen LogP contribution is 2.23. The zero-order valence-corrected chi connectivity index (χ0v) is 15.2. The summed E-state index contributed by atoms with van der Waals surface area (Å²) in [6.07, 6.45) is 0.363. The van der Waals surface area contributed by atoms with Crippen molar-refractivity contribution < 1.29 is 9.53 Å². The molecular weight excluding hydrogens is 334 g/mol. The molecule has 1 amide bonds. The number of rotatable bonds is 6. The van der Waals surface area contributed by atoms with Gasteiger partial charge in [-0.05, 0) is 23.9 Å². The molecule has 1 aromatic carbocycles. The van der Waals surface area contributed by atoms with Crippen molar-refractivity contribution >= 4 is 23.0 Å². The lowest BCUT2D eigenvalue weighted by atomic mass is 10.0. The van der Waals surface area contributed by atoms with E-state index in [1.165, 1.54) is 5.56 Å². The Balaban J connectivity index is 1.71. The van der Waals surface area contributed by atoms with E-state index >= 15 is 0 Å². The summed E-state index contributed by atoms with van der Waals surface area (Å²) < 4.78 is 5.47. The van der Waals surface area contributed by atoms with Gasteiger partial charge < -0.3 is 4.74 Å². The van der Waals surface area contributed by atoms with E-state index in [1.807, 2.05) is 42.6 Å². The minimum Gasteiger partial charge on any atom is -0.379 e. The summed E-state index contributed by atoms with van der Waals surface area (Å²) >= 11 is 1.58. The third-order valence-electron chi connectivity index (χ3n) is 4.19. The summed E-state index contributed by atoms with van der Waals surface area (Å²) in [7, 11) is 0. The normalized spacial score (nSPS) is 17.2. The Morgan fingerprint density at radius 3 is 2.68 bits per heavy atom. The van der Waals surface area contributed by atoms with Crippen LogP contribution in [0, 0.1) is 0 Å². The quantitative estimate of drug-likeness (QED) is 0.639. The van der Waals surface area contributed by atoms with Gasteiger partial charge in [-0.1, -0.05) is 36.4 Å². The largest absolute Gasteiger partial charge is 0.379 e. The summed E-state index contributed by atoms with van der Waals surface area (Å²) in [6.45, 7) is 5.13. The summed E-state index contributed by atoms with van der Waals surface area (Å²) in [5.74, 6) is -0.0874. The maximum Gasteiger partial charge on any atom is 0.245 e. The number of hydrazone groups is 1. The maximum atomic E-state index is 12.1. The fourth-order valence-electron chi connectivity index (χ4n) is 3.01. The molecule has 1 aromatic heterocycles. The van der Waals surface area contributed by atoms with Crippen molar-refractivity contribution in [2.45, 2.75) is 19.4 Å². The maximum absolute atomic E-state index is 12.1. The Morgan fingerprint density at radius 2 is 2.00 bits per heavy atom. The van der Waals surface area contributed by atoms with Crippen molar-refractivity contribution in [3.8, 4) is 0 Å². The first-order chi connectivity index (χ1) is 12.2. The van der Waals surface area contributed by atoms with E-state index in [4.69, 9.17) is 4.74 Å². The van der Waals surface area contributed by atoms with Crippen LogP contribution in [0.5, 0.6) is 0 Å². The van der Waals surface area contributed by atoms with Crippen LogP contribution in [-0.4, -0.2) is 42.8 Å². The standard InChI is InChI=1S/C19H23N3O2S/c1-15(20-21-18(23)14-17-8-5-13-25-17)19(16-6-3-2-4-7-16)22-9-11-24-12-10-22/h2-8,13,19H,9-12,14H2,1H3,(H,21,23)/b20-15-/t19-/m0/s1. The van der Waals surface area contributed by atoms with Crippen LogP contribution in [0.3, 0.4) is 0 Å². The number of ether oxygens (including phenoxy) is 1. The van der Waals surface area contributed by atoms with Gasteiger partial charge in [-0.2, -0.15) is 5.10 Å². The fraction of sp³-hybridized carbons (Fsp3) is 0.368. The molecular formula is C19H23N3O2S. The first-order valence-electron chi connectivity index (χ1n) is 8.46. The second-order valence-electron chi connectivity index (χ2n) is 6.01. The zero-order chi connectivity index (χ0) is 17.5. The number of carbonyl (C=O) groups is 1. The van der Waals surface area contributed by atoms with Crippen LogP contribution in [0.15, 0.2) is 52.9 Å². The lowest BCUT2D eigenvalue weighted by Crippen LogP contribution is -2.42. The smallest absolute Gasteiger partial charge is 0.245 e. The van der Waals surface area contributed by atoms with Crippen molar-refractivity contribution in [1.29, 1.82) is 0 Å². The van der Waals surface area contributed by atoms with Crippen molar-refractivity contribution in [3.05, 3.63) is 58.3 Å². The SMILES string of the molecule is C/C(=N/NC(=O)Cc1cccs1)[C@@H](c1ccccc1)N1CCOCC1. The zero-order valence-electron chi connectivity index (χ0n) is 14.4. The molecule has 1 fully saturated rings. The van der Waals surface area contributed by atoms with Gasteiger partial charge in [-0.15, -0.1) is 11.3 Å². The fourth-order valence-corrected chi connectivity index (χ4v) is 3.71. The van der Waals surface area contributed by atoms with E-state index in [1.54, 1.807) is 11.3 Å². The second-order valence-corrected chi connectivity index (χ2v) is 7.04. The molecule has 0 aliphatic carbocycles. The molecule has 25 heavy (non-hydrogen) atoms. The molecule has 1 atom stereocenters. The Kier molecular flexibility index (Phi) is 6.33. The van der Waals surface area contributed by atoms with Crippen LogP contribution in [0.1, 0.15) is 23.4 Å². The van der Waals surface area contributed by atoms with Gasteiger partial charge in [0.05, 0.1) is 31.4 Å². The highest BCUT2D eigenvalue weighted by atomic mass is 32.1. The molecule has 2 aromatic rings. The topological polar surface area (TPSA) is 53.9 Å². The van der Waals surface area contributed by atoms with Gasteiger partial charge in [0.25, 0.3) is 0 Å². The van der Waals surface area contributed by atoms with Crippen LogP contribution in [0.2, 0.25) is 0 Å². The van der Waals surface area contributed by atoms with Crippen molar-refractivity contribution in [1.82, 2.24) is 10.3 Å². The number of nitrogens with zero attached hydrogens (tertiary/aromatic N) is 2. The lowest BCUT2D eigenvalue weighted by Gasteiger charge is -2.34. The number of hydrogen-bond donors (Lipinski definition) is 1. The van der Waals surface area contributed by atoms with Gasteiger partial charge in [0.15, 0.2) is 0 Å². The molecule has 3 rings (SSSR count). The number of benzene rings is 1. The molecule has 0 spiro atoms. The molecule has 2 heterocycles. The molecule has 1 saturated heterocycles. The first kappa shape index (κ1) is 17.8. The Bertz CT molecular complexity index is 695. The number of morpholine rings is 1. The van der Waals surface area contributed by atoms with E-state index in [9.17, 15) is 4.79 Å². The molecule has 1 N–H and O–H groups in total. The number of thiophene rings is 1. The molecule has 0 unspecified atom stereocenters. The van der Waals surface area contributed by atoms with Gasteiger partial charge in [-0.3, -0.25) is 9.69 Å². The van der Waals surface area contributed by atoms with Gasteiger partial charge in [0.2, 0.25) is 5.91 Å². The molecule has 6 heteroatoms. The Labute approximate surface area is 152 Å². The van der Waals surface area contributed by atoms with E-state index in [-0.39, 0.29) is 11.9 Å². The summed E-state index contributed by atoms with van der Waals surface area (Å²) in [4.78, 5) is 15.5. The lowest BCUT2D eigenvalue weighted by molar-refractivity contribution is -0.120. The number of amides is 1. The molecule has 132 valence electrons. The Morgan fingerprint density at radius 1 is 1.24 bits per heavy atom. The van der Waals surface area contributed by atoms with Crippen molar-refractivity contribution in [3.63, 3.8) is 0 Å². The molecule has 1 aliphatic rings. The predicted octanol–water partition coefficient (Wildman–Crippen LogP) is 2.86. The van der Waals surface area contributed by atoms with E-state index in [2.05, 4.69) is 27.6 Å². The summed E-state index contributed by atoms with van der Waals surface area (Å²) in [6, 6.07) is 14.2. The van der Waals surface area contributed by atoms with Gasteiger partial charge >= 0.3 is 0 Å². The number of nitrogens with one attached hydrogen (secondary N) is 1. The summed E-state index contributed by atoms with van der Waals surface area (Å²) in [5.41, 5.74) is 4.77. The number of carbonyl (C=O) groups excluding carboxylic acids is 1. The van der Waals surface area contributed by atoms with Crippen LogP contribution in [0.25, 0.3) is 0 Å². The van der Waals surface area contributed by atoms with Crippen LogP contribution < -0.4 is 5.43 Å². The van der Waals surface area contributed by atoms with Crippen LogP contribution in [-0.2, 0) is 16.0 Å². The molecule has 0 radical (unpaired) electrons. The van der Waals surface area contributed by atoms with E-state index < -0.39 is 0 Å². The van der Waals surface area contributed by atoms with Crippen molar-refractivity contribution in [2.75, 3.05) is 26.3 Å². The van der Waals surface area contributed by atoms with E-state index in [0.717, 1.165) is 36.9 Å². The average molecular weight is 357 g/mol. The van der Waals surface area contributed by atoms with Crippen LogP contribution >= 0.6 is 11.3 Å². The van der Waals surface area contributed by atoms with E-state index in [0.29, 0.717) is 6.42 Å². The highest BCUT2D eigenvalue weighted by molar-refractivity contribution is 7.10. The van der Waals surface area contributed by atoms with Gasteiger partial charge in [0, 0.05) is 18.0 Å².